The summed E-state index contributed by atoms with van der Waals surface area (Å²) in [6, 6.07) is 1.57. The van der Waals surface area contributed by atoms with Gasteiger partial charge < -0.3 is 5.11 Å². The molecule has 0 fully saturated rings. The van der Waals surface area contributed by atoms with Crippen LogP contribution in [0.2, 0.25) is 0 Å². The Kier molecular flexibility index (Phi) is 3.86. The van der Waals surface area contributed by atoms with Crippen molar-refractivity contribution in [3.8, 4) is 0 Å². The molecule has 2 aromatic rings. The molecule has 0 amide bonds. The Balaban J connectivity index is 2.28. The number of hydrogen-bond acceptors (Lipinski definition) is 5. The molecule has 0 aromatic carbocycles. The predicted octanol–water partition coefficient (Wildman–Crippen LogP) is 1.68. The van der Waals surface area contributed by atoms with Crippen LogP contribution in [0.4, 0.5) is 0 Å². The Morgan fingerprint density at radius 1 is 1.65 bits per heavy atom. The zero-order chi connectivity index (χ0) is 12.4. The van der Waals surface area contributed by atoms with E-state index < -0.39 is 0 Å². The number of aliphatic hydroxyl groups is 1. The van der Waals surface area contributed by atoms with Crippen molar-refractivity contribution < 1.29 is 5.11 Å². The molecule has 0 aliphatic rings. The second kappa shape index (κ2) is 5.20. The van der Waals surface area contributed by atoms with E-state index in [1.807, 2.05) is 19.2 Å². The Morgan fingerprint density at radius 2 is 2.41 bits per heavy atom. The number of rotatable bonds is 4. The van der Waals surface area contributed by atoms with E-state index in [1.54, 1.807) is 22.2 Å². The number of aliphatic hydroxyl groups excluding tert-OH is 1. The second-order valence-electron chi connectivity index (χ2n) is 3.88. The van der Waals surface area contributed by atoms with Crippen molar-refractivity contribution in [2.75, 3.05) is 6.61 Å². The molecule has 0 saturated carbocycles. The first-order valence-electron chi connectivity index (χ1n) is 5.31. The molecule has 17 heavy (non-hydrogen) atoms. The minimum Gasteiger partial charge on any atom is -0.395 e. The van der Waals surface area contributed by atoms with Crippen LogP contribution in [0, 0.1) is 6.92 Å². The first-order chi connectivity index (χ1) is 8.11. The minimum absolute atomic E-state index is 0.0269. The maximum Gasteiger partial charge on any atom is 0.258 e. The first kappa shape index (κ1) is 12.6. The summed E-state index contributed by atoms with van der Waals surface area (Å²) >= 11 is 3.07. The third-order valence-corrected chi connectivity index (χ3v) is 4.53. The van der Waals surface area contributed by atoms with Crippen molar-refractivity contribution in [1.29, 1.82) is 0 Å². The van der Waals surface area contributed by atoms with Gasteiger partial charge in [0, 0.05) is 28.1 Å². The van der Waals surface area contributed by atoms with Gasteiger partial charge in [0.2, 0.25) is 0 Å². The maximum atomic E-state index is 11.9. The lowest BCUT2D eigenvalue weighted by molar-refractivity contribution is 0.300. The second-order valence-corrected chi connectivity index (χ2v) is 6.15. The topological polar surface area (TPSA) is 54.6 Å². The number of aryl methyl sites for hydroxylation is 1. The first-order valence-corrected chi connectivity index (χ1v) is 7.24. The molecule has 0 radical (unpaired) electrons. The molecular weight excluding hydrogens is 256 g/mol. The van der Waals surface area contributed by atoms with Crippen molar-refractivity contribution in [3.05, 3.63) is 33.2 Å². The molecule has 4 nitrogen and oxygen atoms in total. The summed E-state index contributed by atoms with van der Waals surface area (Å²) in [5.41, 5.74) is 1.67. The molecule has 1 N–H and O–H groups in total. The SMILES string of the molecule is Cc1csc2nc(CSC(C)CO)cc(=O)n12. The lowest BCUT2D eigenvalue weighted by Gasteiger charge is -2.06. The molecule has 92 valence electrons. The Labute approximate surface area is 107 Å². The smallest absolute Gasteiger partial charge is 0.258 e. The molecule has 0 saturated heterocycles. The van der Waals surface area contributed by atoms with Crippen LogP contribution in [0.3, 0.4) is 0 Å². The lowest BCUT2D eigenvalue weighted by atomic mass is 10.4. The molecule has 1 atom stereocenters. The highest BCUT2D eigenvalue weighted by Gasteiger charge is 2.08. The van der Waals surface area contributed by atoms with Gasteiger partial charge in [0.15, 0.2) is 4.96 Å². The fourth-order valence-corrected chi connectivity index (χ4v) is 3.05. The van der Waals surface area contributed by atoms with Gasteiger partial charge in [0.1, 0.15) is 0 Å². The van der Waals surface area contributed by atoms with Crippen LogP contribution in [0.5, 0.6) is 0 Å². The summed E-state index contributed by atoms with van der Waals surface area (Å²) in [6.07, 6.45) is 0. The van der Waals surface area contributed by atoms with Crippen LogP contribution in [0.1, 0.15) is 18.3 Å². The molecule has 0 bridgehead atoms. The summed E-state index contributed by atoms with van der Waals surface area (Å²) in [7, 11) is 0. The van der Waals surface area contributed by atoms with Crippen molar-refractivity contribution in [2.24, 2.45) is 0 Å². The zero-order valence-corrected chi connectivity index (χ0v) is 11.3. The van der Waals surface area contributed by atoms with Crippen molar-refractivity contribution >= 4 is 28.1 Å². The van der Waals surface area contributed by atoms with Gasteiger partial charge in [-0.15, -0.1) is 11.3 Å². The van der Waals surface area contributed by atoms with Gasteiger partial charge in [-0.25, -0.2) is 4.98 Å². The normalized spacial score (nSPS) is 13.1. The molecular formula is C11H14N2O2S2. The van der Waals surface area contributed by atoms with E-state index >= 15 is 0 Å². The van der Waals surface area contributed by atoms with Gasteiger partial charge in [-0.3, -0.25) is 9.20 Å². The van der Waals surface area contributed by atoms with Gasteiger partial charge >= 0.3 is 0 Å². The van der Waals surface area contributed by atoms with E-state index in [0.29, 0.717) is 5.75 Å². The third kappa shape index (κ3) is 2.70. The quantitative estimate of drug-likeness (QED) is 0.918. The number of thiazole rings is 1. The summed E-state index contributed by atoms with van der Waals surface area (Å²) in [5.74, 6) is 0.657. The molecule has 2 heterocycles. The largest absolute Gasteiger partial charge is 0.395 e. The number of thioether (sulfide) groups is 1. The van der Waals surface area contributed by atoms with Crippen LogP contribution in [0.25, 0.3) is 4.96 Å². The molecule has 2 rings (SSSR count). The van der Waals surface area contributed by atoms with Crippen LogP contribution >= 0.6 is 23.1 Å². The summed E-state index contributed by atoms with van der Waals surface area (Å²) < 4.78 is 1.62. The Bertz CT molecular complexity index is 576. The lowest BCUT2D eigenvalue weighted by Crippen LogP contribution is -2.15. The summed E-state index contributed by atoms with van der Waals surface area (Å²) in [5, 5.41) is 11.0. The number of nitrogens with zero attached hydrogens (tertiary/aromatic N) is 2. The monoisotopic (exact) mass is 270 g/mol. The van der Waals surface area contributed by atoms with Crippen LogP contribution in [-0.4, -0.2) is 26.3 Å². The maximum absolute atomic E-state index is 11.9. The van der Waals surface area contributed by atoms with Crippen LogP contribution in [0.15, 0.2) is 16.2 Å². The fourth-order valence-electron chi connectivity index (χ4n) is 1.46. The van der Waals surface area contributed by atoms with Crippen molar-refractivity contribution in [3.63, 3.8) is 0 Å². The van der Waals surface area contributed by atoms with Crippen molar-refractivity contribution in [1.82, 2.24) is 9.38 Å². The Morgan fingerprint density at radius 3 is 3.12 bits per heavy atom. The fraction of sp³-hybridized carbons (Fsp3) is 0.455. The van der Waals surface area contributed by atoms with Gasteiger partial charge in [-0.1, -0.05) is 6.92 Å². The average molecular weight is 270 g/mol. The van der Waals surface area contributed by atoms with Crippen molar-refractivity contribution in [2.45, 2.75) is 24.9 Å². The number of fused-ring (bicyclic) bond motifs is 1. The average Bonchev–Trinajstić information content (AvgIpc) is 2.68. The van der Waals surface area contributed by atoms with E-state index in [0.717, 1.165) is 16.3 Å². The Hall–Kier alpha value is -0.850. The highest BCUT2D eigenvalue weighted by Crippen LogP contribution is 2.17. The van der Waals surface area contributed by atoms with E-state index in [4.69, 9.17) is 5.11 Å². The molecule has 1 unspecified atom stereocenters. The van der Waals surface area contributed by atoms with Gasteiger partial charge in [-0.05, 0) is 6.92 Å². The zero-order valence-electron chi connectivity index (χ0n) is 9.71. The summed E-state index contributed by atoms with van der Waals surface area (Å²) in [4.78, 5) is 17.0. The highest BCUT2D eigenvalue weighted by atomic mass is 32.2. The van der Waals surface area contributed by atoms with E-state index in [2.05, 4.69) is 4.98 Å². The number of hydrogen-bond donors (Lipinski definition) is 1. The highest BCUT2D eigenvalue weighted by molar-refractivity contribution is 7.99. The van der Waals surface area contributed by atoms with E-state index in [1.165, 1.54) is 11.3 Å². The van der Waals surface area contributed by atoms with Gasteiger partial charge in [-0.2, -0.15) is 11.8 Å². The molecule has 0 aliphatic carbocycles. The minimum atomic E-state index is -0.0269. The molecule has 6 heteroatoms. The van der Waals surface area contributed by atoms with Crippen LogP contribution in [-0.2, 0) is 5.75 Å². The van der Waals surface area contributed by atoms with E-state index in [-0.39, 0.29) is 17.4 Å². The standard InChI is InChI=1S/C11H14N2O2S2/c1-7-5-17-11-12-9(3-10(15)13(7)11)6-16-8(2)4-14/h3,5,8,14H,4,6H2,1-2H3. The van der Waals surface area contributed by atoms with E-state index in [9.17, 15) is 4.79 Å². The van der Waals surface area contributed by atoms with Crippen LogP contribution < -0.4 is 5.56 Å². The predicted molar refractivity (Wildman–Crippen MR) is 71.9 cm³/mol. The van der Waals surface area contributed by atoms with Gasteiger partial charge in [0.25, 0.3) is 5.56 Å². The van der Waals surface area contributed by atoms with Gasteiger partial charge in [0.05, 0.1) is 12.3 Å². The molecule has 0 spiro atoms. The number of aromatic nitrogens is 2. The molecule has 2 aromatic heterocycles. The summed E-state index contributed by atoms with van der Waals surface area (Å²) in [6.45, 7) is 3.99. The molecule has 0 aliphatic heterocycles. The third-order valence-electron chi connectivity index (χ3n) is 2.40.